The summed E-state index contributed by atoms with van der Waals surface area (Å²) in [6.07, 6.45) is 9.25. The monoisotopic (exact) mass is 434 g/mol. The van der Waals surface area contributed by atoms with Crippen LogP contribution in [0.4, 0.5) is 8.78 Å². The van der Waals surface area contributed by atoms with Crippen LogP contribution in [0.3, 0.4) is 0 Å². The molecule has 0 aromatic heterocycles. The molecule has 168 valence electrons. The lowest BCUT2D eigenvalue weighted by Gasteiger charge is -2.11. The molecular weight excluding hydrogens is 402 g/mol. The van der Waals surface area contributed by atoms with E-state index in [1.54, 1.807) is 6.07 Å². The minimum atomic E-state index is -0.921. The van der Waals surface area contributed by atoms with Crippen LogP contribution in [0.5, 0.6) is 5.75 Å². The van der Waals surface area contributed by atoms with Crippen LogP contribution in [0.1, 0.15) is 51.0 Å². The molecule has 0 heterocycles. The number of unbranched alkanes of at least 4 members (excludes halogenated alkanes) is 4. The van der Waals surface area contributed by atoms with Gasteiger partial charge in [-0.3, -0.25) is 0 Å². The number of aryl methyl sites for hydroxylation is 1. The Balaban J connectivity index is 1.66. The topological polar surface area (TPSA) is 9.23 Å². The Hall–Kier alpha value is -2.94. The molecule has 0 atom stereocenters. The van der Waals surface area contributed by atoms with E-state index in [4.69, 9.17) is 4.74 Å². The van der Waals surface area contributed by atoms with Crippen molar-refractivity contribution in [2.45, 2.75) is 51.9 Å². The summed E-state index contributed by atoms with van der Waals surface area (Å²) < 4.78 is 34.8. The predicted octanol–water partition coefficient (Wildman–Crippen LogP) is 8.77. The van der Waals surface area contributed by atoms with Gasteiger partial charge in [-0.15, -0.1) is 6.58 Å². The maximum atomic E-state index is 14.7. The van der Waals surface area contributed by atoms with Crippen LogP contribution < -0.4 is 4.74 Å². The van der Waals surface area contributed by atoms with E-state index < -0.39 is 11.6 Å². The van der Waals surface area contributed by atoms with Gasteiger partial charge in [0.1, 0.15) is 0 Å². The number of benzene rings is 3. The van der Waals surface area contributed by atoms with Crippen LogP contribution in [0, 0.1) is 11.6 Å². The minimum absolute atomic E-state index is 0.0186. The summed E-state index contributed by atoms with van der Waals surface area (Å²) in [7, 11) is 0. The first-order chi connectivity index (χ1) is 15.6. The molecule has 0 amide bonds. The van der Waals surface area contributed by atoms with E-state index in [0.717, 1.165) is 43.2 Å². The smallest absolute Gasteiger partial charge is 0.201 e. The highest BCUT2D eigenvalue weighted by Crippen LogP contribution is 2.31. The van der Waals surface area contributed by atoms with E-state index in [0.29, 0.717) is 12.2 Å². The van der Waals surface area contributed by atoms with E-state index in [-0.39, 0.29) is 11.3 Å². The lowest BCUT2D eigenvalue weighted by Crippen LogP contribution is -2.01. The first-order valence-electron chi connectivity index (χ1n) is 11.6. The van der Waals surface area contributed by atoms with Crippen molar-refractivity contribution in [1.82, 2.24) is 0 Å². The summed E-state index contributed by atoms with van der Waals surface area (Å²) in [5.41, 5.74) is 4.27. The largest absolute Gasteiger partial charge is 0.490 e. The summed E-state index contributed by atoms with van der Waals surface area (Å²) >= 11 is 0. The van der Waals surface area contributed by atoms with E-state index >= 15 is 0 Å². The highest BCUT2D eigenvalue weighted by Gasteiger charge is 2.16. The van der Waals surface area contributed by atoms with E-state index in [1.807, 2.05) is 30.3 Å². The zero-order chi connectivity index (χ0) is 22.8. The van der Waals surface area contributed by atoms with Crippen LogP contribution in [0.25, 0.3) is 22.3 Å². The van der Waals surface area contributed by atoms with Gasteiger partial charge in [-0.1, -0.05) is 87.2 Å². The molecule has 32 heavy (non-hydrogen) atoms. The Bertz CT molecular complexity index is 991. The number of hydrogen-bond acceptors (Lipinski definition) is 1. The maximum absolute atomic E-state index is 14.7. The average Bonchev–Trinajstić information content (AvgIpc) is 2.83. The summed E-state index contributed by atoms with van der Waals surface area (Å²) in [4.78, 5) is 0. The quantitative estimate of drug-likeness (QED) is 0.204. The highest BCUT2D eigenvalue weighted by molar-refractivity contribution is 5.71. The van der Waals surface area contributed by atoms with Crippen LogP contribution in [0.15, 0.2) is 73.3 Å². The number of rotatable bonds is 12. The van der Waals surface area contributed by atoms with Crippen molar-refractivity contribution >= 4 is 0 Å². The molecule has 0 N–H and O–H groups in total. The Labute approximate surface area is 190 Å². The second kappa shape index (κ2) is 12.2. The fourth-order valence-corrected chi connectivity index (χ4v) is 3.73. The molecule has 0 aliphatic rings. The number of ether oxygens (including phenoxy) is 1. The van der Waals surface area contributed by atoms with Crippen molar-refractivity contribution in [3.63, 3.8) is 0 Å². The van der Waals surface area contributed by atoms with Gasteiger partial charge in [-0.2, -0.15) is 4.39 Å². The van der Waals surface area contributed by atoms with Gasteiger partial charge in [0, 0.05) is 5.56 Å². The molecule has 0 aliphatic carbocycles. The van der Waals surface area contributed by atoms with E-state index in [1.165, 1.54) is 24.5 Å². The summed E-state index contributed by atoms with van der Waals surface area (Å²) in [6, 6.07) is 19.0. The van der Waals surface area contributed by atoms with Crippen molar-refractivity contribution in [2.75, 3.05) is 6.61 Å². The third kappa shape index (κ3) is 6.29. The first-order valence-corrected chi connectivity index (χ1v) is 11.6. The van der Waals surface area contributed by atoms with Crippen LogP contribution in [0.2, 0.25) is 0 Å². The third-order valence-corrected chi connectivity index (χ3v) is 5.67. The van der Waals surface area contributed by atoms with E-state index in [2.05, 4.69) is 37.8 Å². The molecule has 3 rings (SSSR count). The molecule has 0 saturated heterocycles. The molecule has 0 bridgehead atoms. The molecule has 0 aliphatic heterocycles. The third-order valence-electron chi connectivity index (χ3n) is 5.67. The first kappa shape index (κ1) is 23.7. The van der Waals surface area contributed by atoms with Crippen LogP contribution >= 0.6 is 0 Å². The van der Waals surface area contributed by atoms with E-state index in [9.17, 15) is 8.78 Å². The van der Waals surface area contributed by atoms with Gasteiger partial charge in [-0.05, 0) is 53.6 Å². The normalized spacial score (nSPS) is 10.8. The van der Waals surface area contributed by atoms with Crippen molar-refractivity contribution in [3.05, 3.63) is 90.5 Å². The fraction of sp³-hybridized carbons (Fsp3) is 0.310. The maximum Gasteiger partial charge on any atom is 0.201 e. The second-order valence-corrected chi connectivity index (χ2v) is 8.10. The number of hydrogen-bond donors (Lipinski definition) is 0. The van der Waals surface area contributed by atoms with Gasteiger partial charge in [-0.25, -0.2) is 4.39 Å². The molecule has 1 nitrogen and oxygen atoms in total. The minimum Gasteiger partial charge on any atom is -0.490 e. The molecule has 3 heteroatoms. The van der Waals surface area contributed by atoms with Crippen molar-refractivity contribution in [2.24, 2.45) is 0 Å². The average molecular weight is 435 g/mol. The SMILES string of the molecule is C=CCCc1ccc(-c2ccc(-c3ccc(OCCCCCCC)c(F)c3F)cc2)cc1. The molecule has 3 aromatic carbocycles. The van der Waals surface area contributed by atoms with Crippen molar-refractivity contribution < 1.29 is 13.5 Å². The van der Waals surface area contributed by atoms with Crippen LogP contribution in [-0.4, -0.2) is 6.61 Å². The van der Waals surface area contributed by atoms with Gasteiger partial charge in [0.25, 0.3) is 0 Å². The van der Waals surface area contributed by atoms with Crippen LogP contribution in [-0.2, 0) is 6.42 Å². The standard InChI is InChI=1S/C29H32F2O/c1-3-5-7-8-9-21-32-27-20-19-26(28(30)29(27)31)25-17-15-24(16-18-25)23-13-11-22(12-14-23)10-6-4-2/h4,11-20H,2-3,5-10,21H2,1H3. The summed E-state index contributed by atoms with van der Waals surface area (Å²) in [5, 5.41) is 0. The number of halogens is 2. The Morgan fingerprint density at radius 3 is 2.03 bits per heavy atom. The molecule has 0 unspecified atom stereocenters. The van der Waals surface area contributed by atoms with Crippen molar-refractivity contribution in [3.8, 4) is 28.0 Å². The second-order valence-electron chi connectivity index (χ2n) is 8.10. The molecule has 0 spiro atoms. The predicted molar refractivity (Wildman–Crippen MR) is 130 cm³/mol. The lowest BCUT2D eigenvalue weighted by molar-refractivity contribution is 0.285. The molecule has 0 saturated carbocycles. The zero-order valence-corrected chi connectivity index (χ0v) is 18.9. The van der Waals surface area contributed by atoms with Gasteiger partial charge in [0.05, 0.1) is 6.61 Å². The highest BCUT2D eigenvalue weighted by atomic mass is 19.2. The molecular formula is C29H32F2O. The van der Waals surface area contributed by atoms with Gasteiger partial charge in [0.15, 0.2) is 11.6 Å². The van der Waals surface area contributed by atoms with Gasteiger partial charge < -0.3 is 4.74 Å². The fourth-order valence-electron chi connectivity index (χ4n) is 3.73. The number of allylic oxidation sites excluding steroid dienone is 1. The van der Waals surface area contributed by atoms with Crippen molar-refractivity contribution in [1.29, 1.82) is 0 Å². The lowest BCUT2D eigenvalue weighted by atomic mass is 9.98. The molecule has 0 radical (unpaired) electrons. The molecule has 3 aromatic rings. The Morgan fingerprint density at radius 2 is 1.38 bits per heavy atom. The zero-order valence-electron chi connectivity index (χ0n) is 18.9. The molecule has 0 fully saturated rings. The summed E-state index contributed by atoms with van der Waals surface area (Å²) in [5.74, 6) is -1.81. The summed E-state index contributed by atoms with van der Waals surface area (Å²) in [6.45, 7) is 6.32. The Kier molecular flexibility index (Phi) is 9.03. The van der Waals surface area contributed by atoms with Gasteiger partial charge >= 0.3 is 0 Å². The Morgan fingerprint density at radius 1 is 0.750 bits per heavy atom. The van der Waals surface area contributed by atoms with Gasteiger partial charge in [0.2, 0.25) is 5.82 Å².